The fourth-order valence-corrected chi connectivity index (χ4v) is 3.86. The molecule has 0 saturated carbocycles. The van der Waals surface area contributed by atoms with Gasteiger partial charge in [0, 0.05) is 13.1 Å². The second-order valence-electron chi connectivity index (χ2n) is 5.73. The van der Waals surface area contributed by atoms with Gasteiger partial charge in [-0.25, -0.2) is 23.7 Å². The number of thiazole rings is 1. The minimum atomic E-state index is -0.677. The number of benzene rings is 1. The molecule has 0 amide bonds. The number of nitrogens with zero attached hydrogens (tertiary/aromatic N) is 5. The number of aromatic amines is 1. The summed E-state index contributed by atoms with van der Waals surface area (Å²) in [6, 6.07) is 7.29. The average Bonchev–Trinajstić information content (AvgIpc) is 3.13. The molecule has 0 aliphatic heterocycles. The monoisotopic (exact) mass is 396 g/mol. The van der Waals surface area contributed by atoms with Crippen molar-refractivity contribution in [2.45, 2.75) is 0 Å². The maximum Gasteiger partial charge on any atom is 0.252 e. The van der Waals surface area contributed by atoms with Gasteiger partial charge in [-0.1, -0.05) is 6.07 Å². The first-order valence-electron chi connectivity index (χ1n) is 7.92. The van der Waals surface area contributed by atoms with Crippen LogP contribution in [0.5, 0.6) is 0 Å². The number of nitrogens with one attached hydrogen (secondary N) is 1. The minimum absolute atomic E-state index is 0.00571. The molecular formula is C18H10F2N6OS. The smallest absolute Gasteiger partial charge is 0.252 e. The van der Waals surface area contributed by atoms with E-state index < -0.39 is 11.6 Å². The largest absolute Gasteiger partial charge is 0.313 e. The molecule has 0 saturated heterocycles. The molecule has 138 valence electrons. The number of hydrogen-bond donors (Lipinski definition) is 1. The van der Waals surface area contributed by atoms with E-state index in [1.54, 1.807) is 7.05 Å². The summed E-state index contributed by atoms with van der Waals surface area (Å²) in [5.74, 6) is -0.711. The lowest BCUT2D eigenvalue weighted by molar-refractivity contribution is 0.628. The lowest BCUT2D eigenvalue weighted by Gasteiger charge is -2.16. The zero-order chi connectivity index (χ0) is 19.8. The number of hydrogen-bond acceptors (Lipinski definition) is 7. The van der Waals surface area contributed by atoms with Crippen LogP contribution in [0.1, 0.15) is 5.56 Å². The van der Waals surface area contributed by atoms with Crippen LogP contribution in [0.25, 0.3) is 20.8 Å². The fraction of sp³-hybridized carbons (Fsp3) is 0.0556. The quantitative estimate of drug-likeness (QED) is 0.570. The summed E-state index contributed by atoms with van der Waals surface area (Å²) in [5.41, 5.74) is -0.258. The molecule has 1 aromatic carbocycles. The molecule has 4 rings (SSSR count). The van der Waals surface area contributed by atoms with Crippen LogP contribution < -0.4 is 10.5 Å². The summed E-state index contributed by atoms with van der Waals surface area (Å²) in [7, 11) is 1.62. The van der Waals surface area contributed by atoms with E-state index in [0.29, 0.717) is 16.3 Å². The molecule has 0 radical (unpaired) electrons. The topological polar surface area (TPSA) is 98.6 Å². The van der Waals surface area contributed by atoms with Crippen molar-refractivity contribution in [1.29, 1.82) is 5.26 Å². The second kappa shape index (κ2) is 6.79. The zero-order valence-corrected chi connectivity index (χ0v) is 15.1. The van der Waals surface area contributed by atoms with Gasteiger partial charge in [-0.2, -0.15) is 5.26 Å². The number of fused-ring (bicyclic) bond motifs is 1. The highest BCUT2D eigenvalue weighted by Gasteiger charge is 2.21. The molecule has 0 unspecified atom stereocenters. The van der Waals surface area contributed by atoms with E-state index in [9.17, 15) is 18.8 Å². The molecule has 3 aromatic heterocycles. The second-order valence-corrected chi connectivity index (χ2v) is 6.73. The molecule has 0 atom stereocenters. The highest BCUT2D eigenvalue weighted by Crippen LogP contribution is 2.39. The number of halogens is 2. The van der Waals surface area contributed by atoms with Crippen molar-refractivity contribution in [1.82, 2.24) is 19.9 Å². The summed E-state index contributed by atoms with van der Waals surface area (Å²) in [4.78, 5) is 27.8. The molecule has 4 aromatic rings. The molecule has 0 bridgehead atoms. The fourth-order valence-electron chi connectivity index (χ4n) is 2.70. The third-order valence-corrected chi connectivity index (χ3v) is 5.10. The van der Waals surface area contributed by atoms with Gasteiger partial charge in [0.15, 0.2) is 11.6 Å². The molecule has 7 nitrogen and oxygen atoms in total. The van der Waals surface area contributed by atoms with Crippen LogP contribution in [-0.4, -0.2) is 27.0 Å². The lowest BCUT2D eigenvalue weighted by Crippen LogP contribution is -2.16. The van der Waals surface area contributed by atoms with Crippen LogP contribution in [0, 0.1) is 23.0 Å². The van der Waals surface area contributed by atoms with Crippen molar-refractivity contribution in [3.8, 4) is 16.6 Å². The van der Waals surface area contributed by atoms with E-state index in [-0.39, 0.29) is 27.2 Å². The number of H-pyrrole nitrogens is 1. The Kier molecular flexibility index (Phi) is 4.29. The van der Waals surface area contributed by atoms with Gasteiger partial charge in [0.1, 0.15) is 26.9 Å². The predicted molar refractivity (Wildman–Crippen MR) is 100 cm³/mol. The SMILES string of the molecule is CN(c1cc(=O)[nH]cn1)c1ncc(F)c2nc(-c3c(F)cccc3C#N)sc12. The molecule has 0 aliphatic rings. The predicted octanol–water partition coefficient (Wildman–Crippen LogP) is 3.36. The molecule has 0 fully saturated rings. The first-order chi connectivity index (χ1) is 13.5. The molecule has 1 N–H and O–H groups in total. The molecule has 3 heterocycles. The van der Waals surface area contributed by atoms with E-state index in [2.05, 4.69) is 19.9 Å². The maximum atomic E-state index is 14.4. The van der Waals surface area contributed by atoms with Crippen molar-refractivity contribution < 1.29 is 8.78 Å². The van der Waals surface area contributed by atoms with Gasteiger partial charge in [0.25, 0.3) is 5.56 Å². The van der Waals surface area contributed by atoms with Crippen LogP contribution in [0.4, 0.5) is 20.4 Å². The van der Waals surface area contributed by atoms with Crippen LogP contribution in [-0.2, 0) is 0 Å². The van der Waals surface area contributed by atoms with Crippen LogP contribution in [0.2, 0.25) is 0 Å². The van der Waals surface area contributed by atoms with Gasteiger partial charge in [-0.15, -0.1) is 11.3 Å². The first-order valence-corrected chi connectivity index (χ1v) is 8.73. The molecule has 10 heteroatoms. The zero-order valence-electron chi connectivity index (χ0n) is 14.3. The average molecular weight is 396 g/mol. The van der Waals surface area contributed by atoms with Crippen LogP contribution in [0.15, 0.2) is 41.6 Å². The highest BCUT2D eigenvalue weighted by atomic mass is 32.1. The molecule has 28 heavy (non-hydrogen) atoms. The Morgan fingerprint density at radius 2 is 2.07 bits per heavy atom. The maximum absolute atomic E-state index is 14.4. The van der Waals surface area contributed by atoms with Gasteiger partial charge in [-0.3, -0.25) is 4.79 Å². The Hall–Kier alpha value is -3.71. The lowest BCUT2D eigenvalue weighted by atomic mass is 10.1. The Morgan fingerprint density at radius 1 is 1.25 bits per heavy atom. The van der Waals surface area contributed by atoms with Crippen molar-refractivity contribution in [3.05, 3.63) is 64.3 Å². The molecule has 0 spiro atoms. The summed E-state index contributed by atoms with van der Waals surface area (Å²) in [6.07, 6.45) is 2.24. The number of pyridine rings is 1. The number of anilines is 2. The number of aromatic nitrogens is 4. The normalized spacial score (nSPS) is 10.8. The number of rotatable bonds is 3. The Morgan fingerprint density at radius 3 is 2.82 bits per heavy atom. The minimum Gasteiger partial charge on any atom is -0.313 e. The highest BCUT2D eigenvalue weighted by molar-refractivity contribution is 7.22. The van der Waals surface area contributed by atoms with E-state index in [1.807, 2.05) is 6.07 Å². The van der Waals surface area contributed by atoms with Gasteiger partial charge in [0.2, 0.25) is 0 Å². The van der Waals surface area contributed by atoms with Gasteiger partial charge in [0.05, 0.1) is 29.7 Å². The summed E-state index contributed by atoms with van der Waals surface area (Å²) < 4.78 is 29.0. The van der Waals surface area contributed by atoms with Gasteiger partial charge >= 0.3 is 0 Å². The van der Waals surface area contributed by atoms with E-state index in [4.69, 9.17) is 0 Å². The standard InChI is InChI=1S/C18H10F2N6OS/c1-26(12-5-13(27)24-8-23-12)17-16-15(11(20)7-22-17)25-18(28-16)14-9(6-21)3-2-4-10(14)19/h2-5,7-8H,1H3,(H,23,24,27). The Balaban J connectivity index is 1.94. The van der Waals surface area contributed by atoms with Crippen molar-refractivity contribution in [2.75, 3.05) is 11.9 Å². The van der Waals surface area contributed by atoms with Gasteiger partial charge in [-0.05, 0) is 12.1 Å². The van der Waals surface area contributed by atoms with Gasteiger partial charge < -0.3 is 9.88 Å². The molecular weight excluding hydrogens is 386 g/mol. The first kappa shape index (κ1) is 17.7. The third-order valence-electron chi connectivity index (χ3n) is 4.03. The van der Waals surface area contributed by atoms with E-state index in [0.717, 1.165) is 17.5 Å². The third kappa shape index (κ3) is 2.87. The Labute approximate surface area is 160 Å². The molecule has 0 aliphatic carbocycles. The van der Waals surface area contributed by atoms with Crippen molar-refractivity contribution in [2.24, 2.45) is 0 Å². The van der Waals surface area contributed by atoms with E-state index in [1.165, 1.54) is 35.5 Å². The van der Waals surface area contributed by atoms with Crippen molar-refractivity contribution >= 4 is 33.2 Å². The number of nitriles is 1. The van der Waals surface area contributed by atoms with E-state index >= 15 is 0 Å². The van der Waals surface area contributed by atoms with Crippen LogP contribution in [0.3, 0.4) is 0 Å². The summed E-state index contributed by atoms with van der Waals surface area (Å²) >= 11 is 1.00. The van der Waals surface area contributed by atoms with Crippen molar-refractivity contribution in [3.63, 3.8) is 0 Å². The summed E-state index contributed by atoms with van der Waals surface area (Å²) in [5, 5.41) is 9.43. The Bertz CT molecular complexity index is 1310. The van der Waals surface area contributed by atoms with Crippen LogP contribution >= 0.6 is 11.3 Å². The summed E-state index contributed by atoms with van der Waals surface area (Å²) in [6.45, 7) is 0.